The van der Waals surface area contributed by atoms with E-state index >= 15 is 0 Å². The Kier molecular flexibility index (Phi) is 5.85. The third-order valence-electron chi connectivity index (χ3n) is 3.00. The number of methoxy groups -OCH3 is 1. The fourth-order valence-electron chi connectivity index (χ4n) is 1.42. The van der Waals surface area contributed by atoms with Crippen LogP contribution in [0.25, 0.3) is 0 Å². The molecule has 0 spiro atoms. The lowest BCUT2D eigenvalue weighted by Gasteiger charge is -2.22. The zero-order valence-corrected chi connectivity index (χ0v) is 12.3. The van der Waals surface area contributed by atoms with Crippen molar-refractivity contribution in [1.29, 1.82) is 0 Å². The molecule has 0 bridgehead atoms. The molecule has 0 unspecified atom stereocenters. The van der Waals surface area contributed by atoms with Crippen molar-refractivity contribution >= 4 is 17.2 Å². The highest BCUT2D eigenvalue weighted by Crippen LogP contribution is 2.15. The molecule has 0 atom stereocenters. The van der Waals surface area contributed by atoms with Crippen LogP contribution in [0.2, 0.25) is 0 Å². The fraction of sp³-hybridized carbons (Fsp3) is 0.500. The predicted molar refractivity (Wildman–Crippen MR) is 77.6 cm³/mol. The molecule has 19 heavy (non-hydrogen) atoms. The Bertz CT molecular complexity index is 449. The predicted octanol–water partition coefficient (Wildman–Crippen LogP) is 2.79. The highest BCUT2D eigenvalue weighted by molar-refractivity contribution is 7.80. The molecule has 106 valence electrons. The fourth-order valence-corrected chi connectivity index (χ4v) is 1.55. The van der Waals surface area contributed by atoms with Crippen molar-refractivity contribution in [2.24, 2.45) is 5.73 Å². The van der Waals surface area contributed by atoms with Gasteiger partial charge in [-0.3, -0.25) is 0 Å². The molecule has 0 aliphatic heterocycles. The second-order valence-electron chi connectivity index (χ2n) is 4.94. The molecule has 1 rings (SSSR count). The highest BCUT2D eigenvalue weighted by Gasteiger charge is 2.15. The van der Waals surface area contributed by atoms with Crippen LogP contribution in [0.15, 0.2) is 18.2 Å². The van der Waals surface area contributed by atoms with Crippen LogP contribution in [-0.4, -0.2) is 24.3 Å². The summed E-state index contributed by atoms with van der Waals surface area (Å²) in [5.74, 6) is -0.351. The average Bonchev–Trinajstić information content (AvgIpc) is 2.36. The van der Waals surface area contributed by atoms with Gasteiger partial charge in [-0.2, -0.15) is 0 Å². The summed E-state index contributed by atoms with van der Waals surface area (Å²) in [5.41, 5.74) is 6.23. The third-order valence-corrected chi connectivity index (χ3v) is 3.23. The molecule has 0 fully saturated rings. The minimum atomic E-state index is -0.351. The molecule has 5 heteroatoms. The molecule has 0 heterocycles. The number of hydrogen-bond acceptors (Lipinski definition) is 3. The maximum absolute atomic E-state index is 13.7. The van der Waals surface area contributed by atoms with Gasteiger partial charge in [-0.1, -0.05) is 24.4 Å². The topological polar surface area (TPSA) is 44.5 Å². The van der Waals surface area contributed by atoms with Crippen LogP contribution in [0, 0.1) is 5.82 Å². The SMILES string of the molecule is COC(C)(C)CCOCc1ccc(C(N)=S)cc1F. The molecule has 2 N–H and O–H groups in total. The van der Waals surface area contributed by atoms with Crippen molar-refractivity contribution in [3.05, 3.63) is 35.1 Å². The summed E-state index contributed by atoms with van der Waals surface area (Å²) in [4.78, 5) is 0.188. The van der Waals surface area contributed by atoms with E-state index in [4.69, 9.17) is 27.4 Å². The van der Waals surface area contributed by atoms with E-state index in [-0.39, 0.29) is 23.0 Å². The Morgan fingerprint density at radius 1 is 1.42 bits per heavy atom. The summed E-state index contributed by atoms with van der Waals surface area (Å²) in [6.07, 6.45) is 0.746. The van der Waals surface area contributed by atoms with Crippen molar-refractivity contribution in [3.63, 3.8) is 0 Å². The largest absolute Gasteiger partial charge is 0.389 e. The first kappa shape index (κ1) is 16.0. The summed E-state index contributed by atoms with van der Waals surface area (Å²) in [5, 5.41) is 0. The normalized spacial score (nSPS) is 11.6. The number of nitrogens with two attached hydrogens (primary N) is 1. The van der Waals surface area contributed by atoms with E-state index in [1.165, 1.54) is 6.07 Å². The standard InChI is InChI=1S/C14H20FNO2S/c1-14(2,17-3)6-7-18-9-11-5-4-10(13(16)19)8-12(11)15/h4-5,8H,6-7,9H2,1-3H3,(H2,16,19). The van der Waals surface area contributed by atoms with E-state index in [9.17, 15) is 4.39 Å². The van der Waals surface area contributed by atoms with Gasteiger partial charge in [0.1, 0.15) is 10.8 Å². The zero-order chi connectivity index (χ0) is 14.5. The van der Waals surface area contributed by atoms with Crippen LogP contribution in [0.1, 0.15) is 31.4 Å². The van der Waals surface area contributed by atoms with Crippen LogP contribution < -0.4 is 5.73 Å². The molecule has 1 aromatic carbocycles. The lowest BCUT2D eigenvalue weighted by molar-refractivity contribution is -0.0127. The maximum atomic E-state index is 13.7. The average molecular weight is 285 g/mol. The van der Waals surface area contributed by atoms with Gasteiger partial charge in [0.2, 0.25) is 0 Å². The van der Waals surface area contributed by atoms with Gasteiger partial charge in [0, 0.05) is 24.8 Å². The Morgan fingerprint density at radius 2 is 2.11 bits per heavy atom. The summed E-state index contributed by atoms with van der Waals surface area (Å²) in [6.45, 7) is 4.70. The quantitative estimate of drug-likeness (QED) is 0.618. The molecule has 0 aliphatic rings. The first-order chi connectivity index (χ1) is 8.85. The number of benzene rings is 1. The Hall–Kier alpha value is -1.04. The third kappa shape index (κ3) is 5.22. The number of ether oxygens (including phenoxy) is 2. The van der Waals surface area contributed by atoms with Crippen molar-refractivity contribution in [2.45, 2.75) is 32.5 Å². The first-order valence-electron chi connectivity index (χ1n) is 6.07. The van der Waals surface area contributed by atoms with Crippen molar-refractivity contribution < 1.29 is 13.9 Å². The van der Waals surface area contributed by atoms with Crippen LogP contribution in [0.4, 0.5) is 4.39 Å². The molecule has 0 amide bonds. The van der Waals surface area contributed by atoms with Crippen molar-refractivity contribution in [1.82, 2.24) is 0 Å². The lowest BCUT2D eigenvalue weighted by Crippen LogP contribution is -2.24. The zero-order valence-electron chi connectivity index (χ0n) is 11.5. The highest BCUT2D eigenvalue weighted by atomic mass is 32.1. The van der Waals surface area contributed by atoms with Crippen LogP contribution in [0.5, 0.6) is 0 Å². The van der Waals surface area contributed by atoms with Gasteiger partial charge in [0.05, 0.1) is 12.2 Å². The second kappa shape index (κ2) is 6.93. The molecule has 0 saturated carbocycles. The van der Waals surface area contributed by atoms with Gasteiger partial charge in [-0.25, -0.2) is 4.39 Å². The molecule has 3 nitrogen and oxygen atoms in total. The number of rotatable bonds is 7. The van der Waals surface area contributed by atoms with Gasteiger partial charge in [0.15, 0.2) is 0 Å². The molecule has 0 radical (unpaired) electrons. The van der Waals surface area contributed by atoms with Gasteiger partial charge in [-0.15, -0.1) is 0 Å². The molecule has 0 aliphatic carbocycles. The first-order valence-corrected chi connectivity index (χ1v) is 6.47. The second-order valence-corrected chi connectivity index (χ2v) is 5.38. The van der Waals surface area contributed by atoms with Gasteiger partial charge >= 0.3 is 0 Å². The summed E-state index contributed by atoms with van der Waals surface area (Å²) >= 11 is 4.79. The molecular weight excluding hydrogens is 265 g/mol. The summed E-state index contributed by atoms with van der Waals surface area (Å²) in [6, 6.07) is 4.68. The minimum Gasteiger partial charge on any atom is -0.389 e. The van der Waals surface area contributed by atoms with Crippen LogP contribution >= 0.6 is 12.2 Å². The molecular formula is C14H20FNO2S. The van der Waals surface area contributed by atoms with Gasteiger partial charge in [-0.05, 0) is 26.3 Å². The molecule has 1 aromatic rings. The minimum absolute atomic E-state index is 0.188. The summed E-state index contributed by atoms with van der Waals surface area (Å²) in [7, 11) is 1.66. The van der Waals surface area contributed by atoms with E-state index in [1.807, 2.05) is 13.8 Å². The molecule has 0 aromatic heterocycles. The number of hydrogen-bond donors (Lipinski definition) is 1. The van der Waals surface area contributed by atoms with E-state index in [1.54, 1.807) is 19.2 Å². The van der Waals surface area contributed by atoms with Crippen molar-refractivity contribution in [2.75, 3.05) is 13.7 Å². The Morgan fingerprint density at radius 3 is 2.63 bits per heavy atom. The van der Waals surface area contributed by atoms with E-state index in [2.05, 4.69) is 0 Å². The Labute approximate surface area is 118 Å². The molecule has 0 saturated heterocycles. The smallest absolute Gasteiger partial charge is 0.129 e. The Balaban J connectivity index is 2.48. The monoisotopic (exact) mass is 285 g/mol. The van der Waals surface area contributed by atoms with E-state index in [0.717, 1.165) is 6.42 Å². The van der Waals surface area contributed by atoms with Gasteiger partial charge < -0.3 is 15.2 Å². The van der Waals surface area contributed by atoms with E-state index in [0.29, 0.717) is 17.7 Å². The van der Waals surface area contributed by atoms with Crippen LogP contribution in [-0.2, 0) is 16.1 Å². The maximum Gasteiger partial charge on any atom is 0.129 e. The summed E-state index contributed by atoms with van der Waals surface area (Å²) < 4.78 is 24.4. The number of halogens is 1. The van der Waals surface area contributed by atoms with Crippen molar-refractivity contribution in [3.8, 4) is 0 Å². The van der Waals surface area contributed by atoms with E-state index < -0.39 is 0 Å². The van der Waals surface area contributed by atoms with Crippen LogP contribution in [0.3, 0.4) is 0 Å². The number of thiocarbonyl (C=S) groups is 1. The van der Waals surface area contributed by atoms with Gasteiger partial charge in [0.25, 0.3) is 0 Å². The lowest BCUT2D eigenvalue weighted by atomic mass is 10.1.